The second kappa shape index (κ2) is 7.58. The average Bonchev–Trinajstić information content (AvgIpc) is 2.85. The van der Waals surface area contributed by atoms with Crippen molar-refractivity contribution >= 4 is 17.8 Å². The monoisotopic (exact) mass is 347 g/mol. The molecule has 0 radical (unpaired) electrons. The lowest BCUT2D eigenvalue weighted by Gasteiger charge is -2.31. The van der Waals surface area contributed by atoms with Crippen LogP contribution in [0.3, 0.4) is 0 Å². The summed E-state index contributed by atoms with van der Waals surface area (Å²) in [5, 5.41) is 5.75. The molecule has 2 aliphatic carbocycles. The molecule has 1 unspecified atom stereocenters. The zero-order valence-corrected chi connectivity index (χ0v) is 15.1. The summed E-state index contributed by atoms with van der Waals surface area (Å²) >= 11 is 0. The first kappa shape index (κ1) is 18.0. The first-order chi connectivity index (χ1) is 12.0. The van der Waals surface area contributed by atoms with Crippen molar-refractivity contribution in [1.29, 1.82) is 0 Å². The van der Waals surface area contributed by atoms with Crippen molar-refractivity contribution < 1.29 is 14.4 Å². The largest absolute Gasteiger partial charge is 0.354 e. The highest BCUT2D eigenvalue weighted by atomic mass is 16.2. The number of nitrogens with zero attached hydrogens (tertiary/aromatic N) is 1. The molecular formula is C19H29N3O3. The van der Waals surface area contributed by atoms with Crippen LogP contribution in [0.2, 0.25) is 0 Å². The Balaban J connectivity index is 1.55. The highest BCUT2D eigenvalue weighted by Crippen LogP contribution is 2.34. The van der Waals surface area contributed by atoms with Gasteiger partial charge < -0.3 is 10.6 Å². The Labute approximate surface area is 149 Å². The summed E-state index contributed by atoms with van der Waals surface area (Å²) in [6.45, 7) is 2.19. The number of imide groups is 1. The smallest absolute Gasteiger partial charge is 0.325 e. The van der Waals surface area contributed by atoms with Crippen LogP contribution in [-0.2, 0) is 9.59 Å². The van der Waals surface area contributed by atoms with Gasteiger partial charge in [-0.1, -0.05) is 30.9 Å². The van der Waals surface area contributed by atoms with Gasteiger partial charge in [-0.15, -0.1) is 0 Å². The molecule has 1 spiro atoms. The van der Waals surface area contributed by atoms with Gasteiger partial charge in [-0.25, -0.2) is 9.69 Å². The zero-order valence-electron chi connectivity index (χ0n) is 15.1. The summed E-state index contributed by atoms with van der Waals surface area (Å²) in [6, 6.07) is -1.20. The van der Waals surface area contributed by atoms with Crippen LogP contribution in [0, 0.1) is 0 Å². The zero-order chi connectivity index (χ0) is 17.9. The summed E-state index contributed by atoms with van der Waals surface area (Å²) in [4.78, 5) is 38.7. The Kier molecular flexibility index (Phi) is 5.45. The number of carbonyl (C=O) groups excluding carboxylic acids is 3. The Bertz CT molecular complexity index is 578. The molecule has 6 heteroatoms. The molecule has 6 nitrogen and oxygen atoms in total. The van der Waals surface area contributed by atoms with Gasteiger partial charge in [0.25, 0.3) is 5.91 Å². The van der Waals surface area contributed by atoms with Gasteiger partial charge in [0.15, 0.2) is 0 Å². The van der Waals surface area contributed by atoms with Crippen LogP contribution in [0.1, 0.15) is 71.1 Å². The number of rotatable bonds is 5. The predicted molar refractivity (Wildman–Crippen MR) is 94.8 cm³/mol. The normalized spacial score (nSPS) is 24.0. The maximum absolute atomic E-state index is 12.8. The van der Waals surface area contributed by atoms with Crippen LogP contribution < -0.4 is 10.6 Å². The average molecular weight is 347 g/mol. The van der Waals surface area contributed by atoms with E-state index >= 15 is 0 Å². The van der Waals surface area contributed by atoms with Crippen molar-refractivity contribution in [3.8, 4) is 0 Å². The predicted octanol–water partition coefficient (Wildman–Crippen LogP) is 2.64. The van der Waals surface area contributed by atoms with Gasteiger partial charge >= 0.3 is 6.03 Å². The van der Waals surface area contributed by atoms with E-state index in [0.29, 0.717) is 19.4 Å². The molecule has 1 saturated carbocycles. The van der Waals surface area contributed by atoms with Gasteiger partial charge in [0.05, 0.1) is 0 Å². The van der Waals surface area contributed by atoms with Crippen LogP contribution in [0.4, 0.5) is 4.79 Å². The quantitative estimate of drug-likeness (QED) is 0.593. The molecule has 1 aliphatic heterocycles. The third-order valence-electron chi connectivity index (χ3n) is 5.80. The number of amides is 4. The Morgan fingerprint density at radius 1 is 1.24 bits per heavy atom. The molecule has 3 rings (SSSR count). The molecule has 1 atom stereocenters. The number of carbonyl (C=O) groups is 3. The lowest BCUT2D eigenvalue weighted by molar-refractivity contribution is -0.138. The van der Waals surface area contributed by atoms with E-state index in [9.17, 15) is 14.4 Å². The van der Waals surface area contributed by atoms with E-state index in [1.54, 1.807) is 6.92 Å². The van der Waals surface area contributed by atoms with Gasteiger partial charge in [0.1, 0.15) is 11.6 Å². The fraction of sp³-hybridized carbons (Fsp3) is 0.737. The number of hydrogen-bond donors (Lipinski definition) is 2. The summed E-state index contributed by atoms with van der Waals surface area (Å²) in [5.74, 6) is -0.484. The van der Waals surface area contributed by atoms with Gasteiger partial charge in [0, 0.05) is 6.54 Å². The highest BCUT2D eigenvalue weighted by Gasteiger charge is 2.53. The molecule has 25 heavy (non-hydrogen) atoms. The molecule has 1 heterocycles. The minimum atomic E-state index is -0.769. The highest BCUT2D eigenvalue weighted by molar-refractivity contribution is 6.09. The van der Waals surface area contributed by atoms with E-state index in [0.717, 1.165) is 43.4 Å². The molecular weight excluding hydrogens is 318 g/mol. The molecule has 2 fully saturated rings. The van der Waals surface area contributed by atoms with Gasteiger partial charge in [-0.3, -0.25) is 9.59 Å². The Hall–Kier alpha value is -1.85. The van der Waals surface area contributed by atoms with Crippen molar-refractivity contribution in [3.63, 3.8) is 0 Å². The fourth-order valence-corrected chi connectivity index (χ4v) is 4.23. The lowest BCUT2D eigenvalue weighted by Crippen LogP contribution is -2.51. The van der Waals surface area contributed by atoms with Crippen molar-refractivity contribution in [2.45, 2.75) is 82.7 Å². The first-order valence-corrected chi connectivity index (χ1v) is 9.65. The maximum Gasteiger partial charge on any atom is 0.325 e. The second-order valence-corrected chi connectivity index (χ2v) is 7.57. The van der Waals surface area contributed by atoms with E-state index < -0.39 is 17.6 Å². The standard InChI is InChI=1S/C19H29N3O3/c1-14(16(23)20-13-10-15-8-4-2-5-9-15)22-17(24)19(21-18(22)25)11-6-3-7-12-19/h8,14H,2-7,9-13H2,1H3,(H,20,23)(H,21,25). The second-order valence-electron chi connectivity index (χ2n) is 7.57. The van der Waals surface area contributed by atoms with Crippen LogP contribution >= 0.6 is 0 Å². The van der Waals surface area contributed by atoms with Crippen molar-refractivity contribution in [3.05, 3.63) is 11.6 Å². The minimum absolute atomic E-state index is 0.227. The van der Waals surface area contributed by atoms with E-state index in [1.165, 1.54) is 18.4 Å². The Morgan fingerprint density at radius 3 is 2.68 bits per heavy atom. The molecule has 138 valence electrons. The van der Waals surface area contributed by atoms with Crippen LogP contribution in [0.25, 0.3) is 0 Å². The number of allylic oxidation sites excluding steroid dienone is 1. The fourth-order valence-electron chi connectivity index (χ4n) is 4.23. The summed E-state index contributed by atoms with van der Waals surface area (Å²) in [7, 11) is 0. The Morgan fingerprint density at radius 2 is 2.00 bits per heavy atom. The molecule has 3 aliphatic rings. The molecule has 0 aromatic carbocycles. The molecule has 2 N–H and O–H groups in total. The van der Waals surface area contributed by atoms with Crippen molar-refractivity contribution in [2.24, 2.45) is 0 Å². The van der Waals surface area contributed by atoms with Crippen LogP contribution in [0.5, 0.6) is 0 Å². The summed E-state index contributed by atoms with van der Waals surface area (Å²) in [5.41, 5.74) is 0.631. The summed E-state index contributed by atoms with van der Waals surface area (Å²) in [6.07, 6.45) is 12.2. The number of urea groups is 1. The number of nitrogens with one attached hydrogen (secondary N) is 2. The number of hydrogen-bond acceptors (Lipinski definition) is 3. The SMILES string of the molecule is CC(C(=O)NCCC1=CCCCC1)N1C(=O)NC2(CCCCC2)C1=O. The maximum atomic E-state index is 12.8. The molecule has 1 saturated heterocycles. The van der Waals surface area contributed by atoms with E-state index in [4.69, 9.17) is 0 Å². The van der Waals surface area contributed by atoms with Gasteiger partial charge in [-0.05, 0) is 51.9 Å². The van der Waals surface area contributed by atoms with Crippen molar-refractivity contribution in [1.82, 2.24) is 15.5 Å². The molecule has 0 aromatic heterocycles. The molecule has 0 bridgehead atoms. The van der Waals surface area contributed by atoms with Crippen LogP contribution in [0.15, 0.2) is 11.6 Å². The topological polar surface area (TPSA) is 78.5 Å². The van der Waals surface area contributed by atoms with Gasteiger partial charge in [-0.2, -0.15) is 0 Å². The van der Waals surface area contributed by atoms with E-state index in [2.05, 4.69) is 16.7 Å². The van der Waals surface area contributed by atoms with Crippen molar-refractivity contribution in [2.75, 3.05) is 6.54 Å². The molecule has 0 aromatic rings. The van der Waals surface area contributed by atoms with Crippen LogP contribution in [-0.4, -0.2) is 40.9 Å². The first-order valence-electron chi connectivity index (χ1n) is 9.65. The lowest BCUT2D eigenvalue weighted by atomic mass is 9.81. The molecule has 4 amide bonds. The third-order valence-corrected chi connectivity index (χ3v) is 5.80. The minimum Gasteiger partial charge on any atom is -0.354 e. The van der Waals surface area contributed by atoms with Gasteiger partial charge in [0.2, 0.25) is 5.91 Å². The third kappa shape index (κ3) is 3.72. The van der Waals surface area contributed by atoms with E-state index in [-0.39, 0.29) is 11.8 Å². The van der Waals surface area contributed by atoms with E-state index in [1.807, 2.05) is 0 Å². The summed E-state index contributed by atoms with van der Waals surface area (Å²) < 4.78 is 0.